The van der Waals surface area contributed by atoms with Crippen LogP contribution < -0.4 is 5.32 Å². The molecule has 2 aromatic heterocycles. The number of thioether (sulfide) groups is 1. The van der Waals surface area contributed by atoms with Crippen LogP contribution in [0.1, 0.15) is 16.7 Å². The van der Waals surface area contributed by atoms with Gasteiger partial charge in [-0.1, -0.05) is 17.8 Å². The third kappa shape index (κ3) is 4.07. The van der Waals surface area contributed by atoms with Crippen LogP contribution in [0.4, 0.5) is 5.00 Å². The molecule has 0 aliphatic rings. The third-order valence-electron chi connectivity index (χ3n) is 3.53. The average molecular weight is 370 g/mol. The molecular weight excluding hydrogens is 356 g/mol. The number of carbonyl (C=O) groups excluding carboxylic acids is 1. The number of carbonyl (C=O) groups is 1. The summed E-state index contributed by atoms with van der Waals surface area (Å²) >= 11 is 2.47. The molecule has 0 radical (unpaired) electrons. The number of benzene rings is 1. The Morgan fingerprint density at radius 2 is 2.16 bits per heavy atom. The van der Waals surface area contributed by atoms with Crippen LogP contribution in [0.5, 0.6) is 0 Å². The Morgan fingerprint density at radius 3 is 2.92 bits per heavy atom. The van der Waals surface area contributed by atoms with Gasteiger partial charge >= 0.3 is 0 Å². The molecule has 0 bridgehead atoms. The summed E-state index contributed by atoms with van der Waals surface area (Å²) in [5.74, 6) is 0.322. The number of aromatic nitrogens is 2. The fourth-order valence-electron chi connectivity index (χ4n) is 2.04. The lowest BCUT2D eigenvalue weighted by Crippen LogP contribution is -2.13. The first kappa shape index (κ1) is 17.2. The van der Waals surface area contributed by atoms with Crippen LogP contribution in [0, 0.1) is 25.2 Å². The lowest BCUT2D eigenvalue weighted by molar-refractivity contribution is -0.113. The van der Waals surface area contributed by atoms with E-state index in [1.165, 1.54) is 16.9 Å². The largest absolute Gasteiger partial charge is 0.411 e. The Bertz CT molecular complexity index is 956. The van der Waals surface area contributed by atoms with Gasteiger partial charge in [0.2, 0.25) is 11.8 Å². The maximum absolute atomic E-state index is 12.0. The maximum atomic E-state index is 12.0. The van der Waals surface area contributed by atoms with Crippen molar-refractivity contribution in [3.05, 3.63) is 46.3 Å². The number of nitrogens with one attached hydrogen (secondary N) is 1. The molecule has 0 unspecified atom stereocenters. The fraction of sp³-hybridized carbons (Fsp3) is 0.176. The predicted octanol–water partition coefficient (Wildman–Crippen LogP) is 4.02. The third-order valence-corrected chi connectivity index (χ3v) is 5.17. The number of hydrogen-bond donors (Lipinski definition) is 1. The Morgan fingerprint density at radius 1 is 1.32 bits per heavy atom. The average Bonchev–Trinajstić information content (AvgIpc) is 3.24. The molecule has 0 fully saturated rings. The van der Waals surface area contributed by atoms with Crippen LogP contribution in [0.2, 0.25) is 0 Å². The molecule has 1 aromatic carbocycles. The van der Waals surface area contributed by atoms with Crippen LogP contribution in [0.25, 0.3) is 11.5 Å². The lowest BCUT2D eigenvalue weighted by Gasteiger charge is -2.01. The minimum atomic E-state index is -0.227. The molecule has 25 heavy (non-hydrogen) atoms. The number of amides is 1. The highest BCUT2D eigenvalue weighted by Crippen LogP contribution is 2.26. The van der Waals surface area contributed by atoms with Gasteiger partial charge in [-0.15, -0.1) is 21.5 Å². The van der Waals surface area contributed by atoms with E-state index in [4.69, 9.17) is 9.68 Å². The van der Waals surface area contributed by atoms with Crippen molar-refractivity contribution in [2.75, 3.05) is 11.1 Å². The molecule has 6 nitrogen and oxygen atoms in total. The molecule has 0 aliphatic carbocycles. The van der Waals surface area contributed by atoms with Crippen molar-refractivity contribution in [2.45, 2.75) is 19.1 Å². The zero-order valence-electron chi connectivity index (χ0n) is 13.6. The monoisotopic (exact) mass is 370 g/mol. The van der Waals surface area contributed by atoms with Gasteiger partial charge in [0.25, 0.3) is 5.22 Å². The summed E-state index contributed by atoms with van der Waals surface area (Å²) in [7, 11) is 0. The van der Waals surface area contributed by atoms with E-state index < -0.39 is 0 Å². The summed E-state index contributed by atoms with van der Waals surface area (Å²) < 4.78 is 5.61. The van der Waals surface area contributed by atoms with Gasteiger partial charge in [-0.25, -0.2) is 0 Å². The van der Waals surface area contributed by atoms with Gasteiger partial charge < -0.3 is 9.73 Å². The zero-order valence-corrected chi connectivity index (χ0v) is 15.2. The van der Waals surface area contributed by atoms with Crippen LogP contribution in [-0.4, -0.2) is 21.9 Å². The Kier molecular flexibility index (Phi) is 5.16. The van der Waals surface area contributed by atoms with Crippen molar-refractivity contribution in [1.82, 2.24) is 10.2 Å². The summed E-state index contributed by atoms with van der Waals surface area (Å²) in [5.41, 5.74) is 3.65. The first-order valence-electron chi connectivity index (χ1n) is 7.38. The normalized spacial score (nSPS) is 10.4. The van der Waals surface area contributed by atoms with Crippen molar-refractivity contribution in [3.8, 4) is 17.5 Å². The second-order valence-electron chi connectivity index (χ2n) is 5.28. The van der Waals surface area contributed by atoms with E-state index >= 15 is 0 Å². The number of anilines is 1. The molecule has 126 valence electrons. The number of aryl methyl sites for hydroxylation is 2. The Balaban J connectivity index is 1.61. The maximum Gasteiger partial charge on any atom is 0.277 e. The van der Waals surface area contributed by atoms with E-state index in [-0.39, 0.29) is 11.7 Å². The molecule has 8 heteroatoms. The lowest BCUT2D eigenvalue weighted by atomic mass is 10.1. The summed E-state index contributed by atoms with van der Waals surface area (Å²) in [6.07, 6.45) is 0. The highest BCUT2D eigenvalue weighted by Gasteiger charge is 2.13. The fourth-order valence-corrected chi connectivity index (χ4v) is 3.36. The zero-order chi connectivity index (χ0) is 17.8. The van der Waals surface area contributed by atoms with Gasteiger partial charge in [0.1, 0.15) is 11.1 Å². The standard InChI is InChI=1S/C17H14N4O2S2/c1-10-3-4-12(7-11(10)2)15-20-21-17(23-15)25-9-14(22)19-16-13(8-18)5-6-24-16/h3-7H,9H2,1-2H3,(H,19,22). The second kappa shape index (κ2) is 7.51. The summed E-state index contributed by atoms with van der Waals surface area (Å²) in [4.78, 5) is 12.0. The Hall–Kier alpha value is -2.63. The van der Waals surface area contributed by atoms with E-state index in [1.807, 2.05) is 38.1 Å². The predicted molar refractivity (Wildman–Crippen MR) is 97.6 cm³/mol. The molecule has 0 saturated carbocycles. The quantitative estimate of drug-likeness (QED) is 0.682. The number of thiophene rings is 1. The van der Waals surface area contributed by atoms with Gasteiger partial charge in [-0.3, -0.25) is 4.79 Å². The van der Waals surface area contributed by atoms with Crippen LogP contribution in [0.15, 0.2) is 39.3 Å². The highest BCUT2D eigenvalue weighted by molar-refractivity contribution is 7.99. The van der Waals surface area contributed by atoms with Gasteiger partial charge in [0.05, 0.1) is 11.3 Å². The molecule has 3 aromatic rings. The molecule has 3 rings (SSSR count). The van der Waals surface area contributed by atoms with Crippen LogP contribution in [0.3, 0.4) is 0 Å². The van der Waals surface area contributed by atoms with E-state index in [1.54, 1.807) is 11.4 Å². The number of rotatable bonds is 5. The van der Waals surface area contributed by atoms with Crippen molar-refractivity contribution in [1.29, 1.82) is 5.26 Å². The minimum absolute atomic E-state index is 0.122. The van der Waals surface area contributed by atoms with Gasteiger partial charge in [0.15, 0.2) is 0 Å². The van der Waals surface area contributed by atoms with Crippen molar-refractivity contribution < 1.29 is 9.21 Å². The van der Waals surface area contributed by atoms with Gasteiger partial charge in [0, 0.05) is 5.56 Å². The smallest absolute Gasteiger partial charge is 0.277 e. The van der Waals surface area contributed by atoms with E-state index in [0.29, 0.717) is 21.7 Å². The van der Waals surface area contributed by atoms with Crippen molar-refractivity contribution in [3.63, 3.8) is 0 Å². The second-order valence-corrected chi connectivity index (χ2v) is 7.13. The number of nitrogens with zero attached hydrogens (tertiary/aromatic N) is 3. The number of hydrogen-bond acceptors (Lipinski definition) is 7. The Labute approximate surface area is 152 Å². The molecule has 2 heterocycles. The molecule has 0 atom stereocenters. The molecule has 0 saturated heterocycles. The molecule has 0 spiro atoms. The van der Waals surface area contributed by atoms with E-state index in [0.717, 1.165) is 22.9 Å². The van der Waals surface area contributed by atoms with E-state index in [2.05, 4.69) is 15.5 Å². The van der Waals surface area contributed by atoms with E-state index in [9.17, 15) is 4.79 Å². The first-order chi connectivity index (χ1) is 12.1. The van der Waals surface area contributed by atoms with Gasteiger partial charge in [-0.05, 0) is 48.6 Å². The first-order valence-corrected chi connectivity index (χ1v) is 9.24. The van der Waals surface area contributed by atoms with Crippen molar-refractivity contribution >= 4 is 34.0 Å². The van der Waals surface area contributed by atoms with Gasteiger partial charge in [-0.2, -0.15) is 5.26 Å². The highest BCUT2D eigenvalue weighted by atomic mass is 32.2. The summed E-state index contributed by atoms with van der Waals surface area (Å²) in [6, 6.07) is 9.62. The molecule has 1 N–H and O–H groups in total. The molecule has 0 aliphatic heterocycles. The molecule has 1 amide bonds. The summed E-state index contributed by atoms with van der Waals surface area (Å²) in [6.45, 7) is 4.06. The SMILES string of the molecule is Cc1ccc(-c2nnc(SCC(=O)Nc3sccc3C#N)o2)cc1C. The minimum Gasteiger partial charge on any atom is -0.411 e. The summed E-state index contributed by atoms with van der Waals surface area (Å²) in [5, 5.41) is 22.3. The molecular formula is C17H14N4O2S2. The van der Waals surface area contributed by atoms with Crippen LogP contribution >= 0.6 is 23.1 Å². The number of nitriles is 1. The van der Waals surface area contributed by atoms with Crippen LogP contribution in [-0.2, 0) is 4.79 Å². The van der Waals surface area contributed by atoms with Crippen molar-refractivity contribution in [2.24, 2.45) is 0 Å². The topological polar surface area (TPSA) is 91.8 Å².